The van der Waals surface area contributed by atoms with Gasteiger partial charge in [-0.25, -0.2) is 4.98 Å². The van der Waals surface area contributed by atoms with Gasteiger partial charge in [-0.1, -0.05) is 12.1 Å². The van der Waals surface area contributed by atoms with Crippen LogP contribution < -0.4 is 5.73 Å². The molecule has 0 aliphatic carbocycles. The number of rotatable bonds is 5. The van der Waals surface area contributed by atoms with E-state index in [2.05, 4.69) is 4.98 Å². The monoisotopic (exact) mass is 338 g/mol. The van der Waals surface area contributed by atoms with Crippen LogP contribution in [0.5, 0.6) is 0 Å². The molecule has 2 N–H and O–H groups in total. The molecule has 1 saturated heterocycles. The van der Waals surface area contributed by atoms with Gasteiger partial charge in [0.05, 0.1) is 6.33 Å². The number of carbonyl (C=O) groups is 2. The first-order valence-corrected chi connectivity index (χ1v) is 8.49. The number of hydrogen-bond donors (Lipinski definition) is 1. The number of primary amides is 1. The predicted octanol–water partition coefficient (Wildman–Crippen LogP) is 2.14. The highest BCUT2D eigenvalue weighted by Gasteiger charge is 2.26. The summed E-state index contributed by atoms with van der Waals surface area (Å²) in [6, 6.07) is 7.78. The highest BCUT2D eigenvalue weighted by molar-refractivity contribution is 5.92. The van der Waals surface area contributed by atoms with Gasteiger partial charge in [-0.2, -0.15) is 0 Å². The highest BCUT2D eigenvalue weighted by Crippen LogP contribution is 2.20. The Morgan fingerprint density at radius 1 is 1.24 bits per heavy atom. The van der Waals surface area contributed by atoms with Gasteiger partial charge in [0.25, 0.3) is 0 Å². The summed E-state index contributed by atoms with van der Waals surface area (Å²) in [6.07, 6.45) is 11.8. The normalized spacial score (nSPS) is 17.8. The number of carbonyl (C=O) groups excluding carboxylic acids is 2. The minimum atomic E-state index is -0.358. The zero-order valence-electron chi connectivity index (χ0n) is 14.0. The van der Waals surface area contributed by atoms with E-state index in [1.54, 1.807) is 29.6 Å². The van der Waals surface area contributed by atoms with Crippen molar-refractivity contribution < 1.29 is 9.59 Å². The number of piperidine rings is 1. The van der Waals surface area contributed by atoms with E-state index in [4.69, 9.17) is 5.73 Å². The fourth-order valence-corrected chi connectivity index (χ4v) is 3.17. The molecule has 6 nitrogen and oxygen atoms in total. The average molecular weight is 338 g/mol. The molecule has 0 unspecified atom stereocenters. The molecule has 6 heteroatoms. The summed E-state index contributed by atoms with van der Waals surface area (Å²) in [7, 11) is 0. The second-order valence-electron chi connectivity index (χ2n) is 6.25. The Morgan fingerprint density at radius 3 is 2.72 bits per heavy atom. The van der Waals surface area contributed by atoms with Crippen molar-refractivity contribution in [2.45, 2.75) is 31.7 Å². The fourth-order valence-electron chi connectivity index (χ4n) is 3.17. The van der Waals surface area contributed by atoms with Crippen molar-refractivity contribution in [1.29, 1.82) is 0 Å². The first kappa shape index (κ1) is 17.0. The smallest absolute Gasteiger partial charge is 0.246 e. The number of nitrogens with zero attached hydrogens (tertiary/aromatic N) is 3. The molecule has 130 valence electrons. The lowest BCUT2D eigenvalue weighted by Crippen LogP contribution is -2.44. The molecule has 25 heavy (non-hydrogen) atoms. The Balaban J connectivity index is 1.66. The molecule has 2 heterocycles. The SMILES string of the molecule is NC(=O)C[C@H]1CCCCN1C(=O)/C=C/c1ccc(-n2ccnc2)cc1. The molecule has 0 spiro atoms. The number of benzene rings is 1. The van der Waals surface area contributed by atoms with Gasteiger partial charge in [0.15, 0.2) is 0 Å². The molecule has 1 aliphatic rings. The van der Waals surface area contributed by atoms with Crippen LogP contribution in [-0.4, -0.2) is 38.9 Å². The van der Waals surface area contributed by atoms with Crippen molar-refractivity contribution in [2.75, 3.05) is 6.54 Å². The second kappa shape index (κ2) is 7.79. The van der Waals surface area contributed by atoms with Gasteiger partial charge in [-0.3, -0.25) is 9.59 Å². The van der Waals surface area contributed by atoms with E-state index in [1.807, 2.05) is 35.0 Å². The Bertz CT molecular complexity index is 750. The summed E-state index contributed by atoms with van der Waals surface area (Å²) >= 11 is 0. The van der Waals surface area contributed by atoms with Gasteiger partial charge < -0.3 is 15.2 Å². The molecule has 0 bridgehead atoms. The third kappa shape index (κ3) is 4.35. The average Bonchev–Trinajstić information content (AvgIpc) is 3.15. The van der Waals surface area contributed by atoms with Crippen LogP contribution in [0.1, 0.15) is 31.2 Å². The van der Waals surface area contributed by atoms with Gasteiger partial charge in [0, 0.05) is 43.2 Å². The topological polar surface area (TPSA) is 81.2 Å². The molecular formula is C19H22N4O2. The van der Waals surface area contributed by atoms with Gasteiger partial charge in [0.1, 0.15) is 0 Å². The molecule has 2 amide bonds. The highest BCUT2D eigenvalue weighted by atomic mass is 16.2. The molecule has 1 aromatic carbocycles. The van der Waals surface area contributed by atoms with E-state index >= 15 is 0 Å². The largest absolute Gasteiger partial charge is 0.370 e. The summed E-state index contributed by atoms with van der Waals surface area (Å²) in [5.41, 5.74) is 7.26. The van der Waals surface area contributed by atoms with Crippen molar-refractivity contribution in [3.8, 4) is 5.69 Å². The summed E-state index contributed by atoms with van der Waals surface area (Å²) < 4.78 is 1.92. The Morgan fingerprint density at radius 2 is 2.04 bits per heavy atom. The van der Waals surface area contributed by atoms with E-state index < -0.39 is 0 Å². The number of nitrogens with two attached hydrogens (primary N) is 1. The quantitative estimate of drug-likeness (QED) is 0.848. The summed E-state index contributed by atoms with van der Waals surface area (Å²) in [5, 5.41) is 0. The fraction of sp³-hybridized carbons (Fsp3) is 0.316. The van der Waals surface area contributed by atoms with E-state index in [9.17, 15) is 9.59 Å². The molecule has 1 aliphatic heterocycles. The van der Waals surface area contributed by atoms with Crippen LogP contribution in [0.3, 0.4) is 0 Å². The van der Waals surface area contributed by atoms with E-state index in [0.717, 1.165) is 30.5 Å². The molecule has 0 saturated carbocycles. The van der Waals surface area contributed by atoms with Gasteiger partial charge in [-0.05, 0) is 43.0 Å². The van der Waals surface area contributed by atoms with Crippen molar-refractivity contribution in [1.82, 2.24) is 14.5 Å². The number of likely N-dealkylation sites (tertiary alicyclic amines) is 1. The standard InChI is InChI=1S/C19H22N4O2/c20-18(24)13-17-3-1-2-11-23(17)19(25)9-6-15-4-7-16(8-5-15)22-12-10-21-14-22/h4-10,12,14,17H,1-3,11,13H2,(H2,20,24)/b9-6+/t17-/m1/s1. The number of amides is 2. The van der Waals surface area contributed by atoms with E-state index in [0.29, 0.717) is 6.54 Å². The molecule has 1 aromatic heterocycles. The Hall–Kier alpha value is -2.89. The maximum atomic E-state index is 12.5. The summed E-state index contributed by atoms with van der Waals surface area (Å²) in [4.78, 5) is 29.5. The Labute approximate surface area is 147 Å². The molecule has 2 aromatic rings. The molecular weight excluding hydrogens is 316 g/mol. The van der Waals surface area contributed by atoms with Gasteiger partial charge >= 0.3 is 0 Å². The maximum absolute atomic E-state index is 12.5. The zero-order valence-corrected chi connectivity index (χ0v) is 14.0. The van der Waals surface area contributed by atoms with E-state index in [1.165, 1.54) is 0 Å². The predicted molar refractivity (Wildman–Crippen MR) is 95.8 cm³/mol. The van der Waals surface area contributed by atoms with Crippen LogP contribution in [0.2, 0.25) is 0 Å². The zero-order chi connectivity index (χ0) is 17.6. The van der Waals surface area contributed by atoms with Crippen molar-refractivity contribution in [2.24, 2.45) is 5.73 Å². The second-order valence-corrected chi connectivity index (χ2v) is 6.25. The van der Waals surface area contributed by atoms with Gasteiger partial charge in [0.2, 0.25) is 11.8 Å². The van der Waals surface area contributed by atoms with Crippen LogP contribution in [0.25, 0.3) is 11.8 Å². The van der Waals surface area contributed by atoms with Gasteiger partial charge in [-0.15, -0.1) is 0 Å². The third-order valence-electron chi connectivity index (χ3n) is 4.46. The van der Waals surface area contributed by atoms with Crippen LogP contribution in [0.15, 0.2) is 49.1 Å². The summed E-state index contributed by atoms with van der Waals surface area (Å²) in [6.45, 7) is 0.681. The lowest BCUT2D eigenvalue weighted by molar-refractivity contribution is -0.130. The first-order chi connectivity index (χ1) is 12.1. The van der Waals surface area contributed by atoms with Crippen molar-refractivity contribution >= 4 is 17.9 Å². The lowest BCUT2D eigenvalue weighted by atomic mass is 9.99. The van der Waals surface area contributed by atoms with Crippen molar-refractivity contribution in [3.05, 3.63) is 54.6 Å². The Kier molecular flexibility index (Phi) is 5.28. The van der Waals surface area contributed by atoms with Crippen LogP contribution in [0.4, 0.5) is 0 Å². The summed E-state index contributed by atoms with van der Waals surface area (Å²) in [5.74, 6) is -0.423. The number of imidazole rings is 1. The van der Waals surface area contributed by atoms with Crippen LogP contribution in [-0.2, 0) is 9.59 Å². The molecule has 0 radical (unpaired) electrons. The lowest BCUT2D eigenvalue weighted by Gasteiger charge is -2.34. The van der Waals surface area contributed by atoms with Crippen molar-refractivity contribution in [3.63, 3.8) is 0 Å². The minimum absolute atomic E-state index is 0.0652. The number of hydrogen-bond acceptors (Lipinski definition) is 3. The molecule has 1 fully saturated rings. The number of aromatic nitrogens is 2. The maximum Gasteiger partial charge on any atom is 0.246 e. The third-order valence-corrected chi connectivity index (χ3v) is 4.46. The molecule has 1 atom stereocenters. The van der Waals surface area contributed by atoms with Crippen LogP contribution in [0, 0.1) is 0 Å². The first-order valence-electron chi connectivity index (χ1n) is 8.49. The van der Waals surface area contributed by atoms with Crippen LogP contribution >= 0.6 is 0 Å². The van der Waals surface area contributed by atoms with E-state index in [-0.39, 0.29) is 24.3 Å². The minimum Gasteiger partial charge on any atom is -0.370 e. The molecule has 3 rings (SSSR count).